The highest BCUT2D eigenvalue weighted by atomic mass is 19.1. The Hall–Kier alpha value is -1.00. The van der Waals surface area contributed by atoms with E-state index in [4.69, 9.17) is 4.74 Å². The Bertz CT molecular complexity index is 382. The highest BCUT2D eigenvalue weighted by molar-refractivity contribution is 5.26. The molecule has 0 aliphatic carbocycles. The van der Waals surface area contributed by atoms with E-state index in [0.29, 0.717) is 6.61 Å². The molecule has 4 heteroatoms. The SMILES string of the molecule is CNC(c1c(F)cccc1F)C1(C)CCCO1. The first-order valence-corrected chi connectivity index (χ1v) is 5.83. The van der Waals surface area contributed by atoms with Gasteiger partial charge in [0.1, 0.15) is 11.6 Å². The molecule has 0 bridgehead atoms. The Morgan fingerprint density at radius 2 is 2.00 bits per heavy atom. The van der Waals surface area contributed by atoms with Gasteiger partial charge in [-0.1, -0.05) is 6.07 Å². The molecular weight excluding hydrogens is 224 g/mol. The molecule has 0 spiro atoms. The van der Waals surface area contributed by atoms with E-state index < -0.39 is 23.3 Å². The average Bonchev–Trinajstić information content (AvgIpc) is 2.71. The Balaban J connectivity index is 2.41. The van der Waals surface area contributed by atoms with Crippen LogP contribution in [0.1, 0.15) is 31.4 Å². The standard InChI is InChI=1S/C13H17F2NO/c1-13(7-4-8-17-13)12(16-2)11-9(14)5-3-6-10(11)15/h3,5-6,12,16H,4,7-8H2,1-2H3. The van der Waals surface area contributed by atoms with Crippen molar-refractivity contribution in [2.75, 3.05) is 13.7 Å². The predicted octanol–water partition coefficient (Wildman–Crippen LogP) is 2.79. The summed E-state index contributed by atoms with van der Waals surface area (Å²) in [5.41, 5.74) is -0.475. The fraction of sp³-hybridized carbons (Fsp3) is 0.538. The highest BCUT2D eigenvalue weighted by Gasteiger charge is 2.40. The number of halogens is 2. The molecule has 0 aromatic heterocycles. The van der Waals surface area contributed by atoms with Gasteiger partial charge in [-0.2, -0.15) is 0 Å². The van der Waals surface area contributed by atoms with Gasteiger partial charge in [0.25, 0.3) is 0 Å². The smallest absolute Gasteiger partial charge is 0.131 e. The fourth-order valence-corrected chi connectivity index (χ4v) is 2.57. The molecule has 0 radical (unpaired) electrons. The fourth-order valence-electron chi connectivity index (χ4n) is 2.57. The molecular formula is C13H17F2NO. The van der Waals surface area contributed by atoms with Crippen LogP contribution in [-0.2, 0) is 4.74 Å². The van der Waals surface area contributed by atoms with Crippen LogP contribution in [-0.4, -0.2) is 19.3 Å². The van der Waals surface area contributed by atoms with E-state index in [1.54, 1.807) is 7.05 Å². The quantitative estimate of drug-likeness (QED) is 0.878. The number of hydrogen-bond acceptors (Lipinski definition) is 2. The Morgan fingerprint density at radius 3 is 2.47 bits per heavy atom. The summed E-state index contributed by atoms with van der Waals surface area (Å²) in [4.78, 5) is 0. The van der Waals surface area contributed by atoms with Crippen LogP contribution in [0.2, 0.25) is 0 Å². The molecule has 1 fully saturated rings. The molecule has 2 unspecified atom stereocenters. The molecule has 17 heavy (non-hydrogen) atoms. The zero-order valence-electron chi connectivity index (χ0n) is 10.1. The number of likely N-dealkylation sites (N-methyl/N-ethyl adjacent to an activating group) is 1. The van der Waals surface area contributed by atoms with Crippen LogP contribution < -0.4 is 5.32 Å². The molecule has 2 nitrogen and oxygen atoms in total. The zero-order chi connectivity index (χ0) is 12.5. The summed E-state index contributed by atoms with van der Waals surface area (Å²) in [6, 6.07) is 3.46. The van der Waals surface area contributed by atoms with E-state index in [2.05, 4.69) is 5.32 Å². The minimum Gasteiger partial charge on any atom is -0.373 e. The second-order valence-corrected chi connectivity index (χ2v) is 4.62. The Morgan fingerprint density at radius 1 is 1.35 bits per heavy atom. The molecule has 1 aliphatic heterocycles. The van der Waals surface area contributed by atoms with Crippen LogP contribution in [0.15, 0.2) is 18.2 Å². The van der Waals surface area contributed by atoms with Gasteiger partial charge >= 0.3 is 0 Å². The lowest BCUT2D eigenvalue weighted by Crippen LogP contribution is -2.40. The van der Waals surface area contributed by atoms with Crippen molar-refractivity contribution in [2.45, 2.75) is 31.4 Å². The van der Waals surface area contributed by atoms with Crippen molar-refractivity contribution in [3.63, 3.8) is 0 Å². The summed E-state index contributed by atoms with van der Waals surface area (Å²) in [6.45, 7) is 2.54. The van der Waals surface area contributed by atoms with Crippen LogP contribution in [0.5, 0.6) is 0 Å². The first-order valence-electron chi connectivity index (χ1n) is 5.83. The maximum Gasteiger partial charge on any atom is 0.131 e. The molecule has 1 aromatic rings. The summed E-state index contributed by atoms with van der Waals surface area (Å²) < 4.78 is 33.2. The summed E-state index contributed by atoms with van der Waals surface area (Å²) in [7, 11) is 1.70. The van der Waals surface area contributed by atoms with Gasteiger partial charge in [-0.05, 0) is 38.9 Å². The minimum atomic E-state index is -0.544. The normalized spacial score (nSPS) is 26.1. The molecule has 1 N–H and O–H groups in total. The topological polar surface area (TPSA) is 21.3 Å². The summed E-state index contributed by atoms with van der Waals surface area (Å²) in [5, 5.41) is 2.98. The third kappa shape index (κ3) is 2.19. The Kier molecular flexibility index (Phi) is 3.45. The largest absolute Gasteiger partial charge is 0.373 e. The van der Waals surface area contributed by atoms with Crippen LogP contribution >= 0.6 is 0 Å². The van der Waals surface area contributed by atoms with E-state index >= 15 is 0 Å². The van der Waals surface area contributed by atoms with Gasteiger partial charge in [-0.25, -0.2) is 8.78 Å². The number of rotatable bonds is 3. The first kappa shape index (κ1) is 12.5. The highest BCUT2D eigenvalue weighted by Crippen LogP contribution is 2.38. The van der Waals surface area contributed by atoms with Crippen LogP contribution in [0.3, 0.4) is 0 Å². The van der Waals surface area contributed by atoms with E-state index in [0.717, 1.165) is 12.8 Å². The molecule has 1 saturated heterocycles. The molecule has 1 heterocycles. The van der Waals surface area contributed by atoms with Crippen molar-refractivity contribution in [3.8, 4) is 0 Å². The third-order valence-electron chi connectivity index (χ3n) is 3.44. The number of benzene rings is 1. The van der Waals surface area contributed by atoms with Crippen molar-refractivity contribution in [2.24, 2.45) is 0 Å². The molecule has 2 rings (SSSR count). The Labute approximate surface area is 100.0 Å². The van der Waals surface area contributed by atoms with E-state index in [1.807, 2.05) is 6.92 Å². The summed E-state index contributed by atoms with van der Waals surface area (Å²) >= 11 is 0. The predicted molar refractivity (Wildman–Crippen MR) is 61.7 cm³/mol. The molecule has 2 atom stereocenters. The van der Waals surface area contributed by atoms with Crippen LogP contribution in [0.25, 0.3) is 0 Å². The number of nitrogens with one attached hydrogen (secondary N) is 1. The zero-order valence-corrected chi connectivity index (χ0v) is 10.1. The van der Waals surface area contributed by atoms with E-state index in [9.17, 15) is 8.78 Å². The van der Waals surface area contributed by atoms with Crippen LogP contribution in [0.4, 0.5) is 8.78 Å². The number of ether oxygens (including phenoxy) is 1. The maximum absolute atomic E-state index is 13.8. The minimum absolute atomic E-state index is 0.0689. The van der Waals surface area contributed by atoms with Crippen molar-refractivity contribution < 1.29 is 13.5 Å². The first-order chi connectivity index (χ1) is 8.08. The lowest BCUT2D eigenvalue weighted by Gasteiger charge is -2.33. The second kappa shape index (κ2) is 4.70. The average molecular weight is 241 g/mol. The molecule has 94 valence electrons. The summed E-state index contributed by atoms with van der Waals surface area (Å²) in [5.74, 6) is -1.05. The van der Waals surface area contributed by atoms with Crippen molar-refractivity contribution >= 4 is 0 Å². The second-order valence-electron chi connectivity index (χ2n) is 4.62. The van der Waals surface area contributed by atoms with Gasteiger partial charge in [-0.15, -0.1) is 0 Å². The van der Waals surface area contributed by atoms with E-state index in [-0.39, 0.29) is 5.56 Å². The van der Waals surface area contributed by atoms with Crippen molar-refractivity contribution in [3.05, 3.63) is 35.4 Å². The molecule has 1 aliphatic rings. The van der Waals surface area contributed by atoms with E-state index in [1.165, 1.54) is 18.2 Å². The molecule has 0 saturated carbocycles. The van der Waals surface area contributed by atoms with Gasteiger partial charge in [0.05, 0.1) is 11.6 Å². The number of hydrogen-bond donors (Lipinski definition) is 1. The van der Waals surface area contributed by atoms with Crippen LogP contribution in [0, 0.1) is 11.6 Å². The lowest BCUT2D eigenvalue weighted by molar-refractivity contribution is -0.0123. The van der Waals surface area contributed by atoms with Gasteiger partial charge in [0.2, 0.25) is 0 Å². The third-order valence-corrected chi connectivity index (χ3v) is 3.44. The van der Waals surface area contributed by atoms with Gasteiger partial charge in [-0.3, -0.25) is 0 Å². The monoisotopic (exact) mass is 241 g/mol. The molecule has 0 amide bonds. The van der Waals surface area contributed by atoms with Crippen molar-refractivity contribution in [1.29, 1.82) is 0 Å². The summed E-state index contributed by atoms with van der Waals surface area (Å²) in [6.07, 6.45) is 1.72. The lowest BCUT2D eigenvalue weighted by atomic mass is 9.87. The maximum atomic E-state index is 13.8. The van der Waals surface area contributed by atoms with Gasteiger partial charge < -0.3 is 10.1 Å². The molecule has 1 aromatic carbocycles. The van der Waals surface area contributed by atoms with Gasteiger partial charge in [0, 0.05) is 12.2 Å². The van der Waals surface area contributed by atoms with Gasteiger partial charge in [0.15, 0.2) is 0 Å². The van der Waals surface area contributed by atoms with Crippen molar-refractivity contribution in [1.82, 2.24) is 5.32 Å².